The van der Waals surface area contributed by atoms with Crippen molar-refractivity contribution in [1.82, 2.24) is 10.0 Å². The summed E-state index contributed by atoms with van der Waals surface area (Å²) in [5, 5.41) is 3.10. The second-order valence-electron chi connectivity index (χ2n) is 11.7. The number of carbonyl (C=O) groups excluding carboxylic acids is 2. The van der Waals surface area contributed by atoms with Crippen molar-refractivity contribution in [1.29, 1.82) is 0 Å². The zero-order valence-electron chi connectivity index (χ0n) is 26.5. The number of para-hydroxylation sites is 1. The van der Waals surface area contributed by atoms with E-state index in [2.05, 4.69) is 10.0 Å². The molecular formula is C37H41FN2O5S. The Labute approximate surface area is 271 Å². The van der Waals surface area contributed by atoms with E-state index in [1.54, 1.807) is 36.4 Å². The van der Waals surface area contributed by atoms with Gasteiger partial charge in [-0.15, -0.1) is 0 Å². The van der Waals surface area contributed by atoms with Crippen molar-refractivity contribution in [3.63, 3.8) is 0 Å². The number of rotatable bonds is 15. The Bertz CT molecular complexity index is 1710. The van der Waals surface area contributed by atoms with Gasteiger partial charge in [-0.05, 0) is 89.9 Å². The standard InChI is InChI=1S/C37H41FN2O5S/c1-4-8-27-12-20-33(21-13-27)46(43,44)40-36(41)22-17-29-14-11-28(25-45-32-9-6-5-7-10-32)24-34(29)37(42)39-35(23-26(2)3)30-15-18-31(38)19-16-30/h5-7,9-16,18-21,24,26,35H,4,8,17,22-23,25H2,1-3H3,(H,39,42)(H,40,41). The molecule has 0 aromatic heterocycles. The molecule has 4 aromatic rings. The molecular weight excluding hydrogens is 603 g/mol. The van der Waals surface area contributed by atoms with E-state index >= 15 is 0 Å². The van der Waals surface area contributed by atoms with Crippen LogP contribution in [0, 0.1) is 11.7 Å². The minimum atomic E-state index is -4.05. The molecule has 0 heterocycles. The van der Waals surface area contributed by atoms with E-state index in [0.717, 1.165) is 29.5 Å². The van der Waals surface area contributed by atoms with E-state index < -0.39 is 15.9 Å². The number of amides is 2. The zero-order valence-corrected chi connectivity index (χ0v) is 27.3. The van der Waals surface area contributed by atoms with Gasteiger partial charge in [-0.25, -0.2) is 17.5 Å². The summed E-state index contributed by atoms with van der Waals surface area (Å²) in [7, 11) is -4.05. The van der Waals surface area contributed by atoms with Crippen molar-refractivity contribution in [3.05, 3.63) is 131 Å². The first kappa shape index (κ1) is 34.4. The van der Waals surface area contributed by atoms with Gasteiger partial charge < -0.3 is 10.1 Å². The summed E-state index contributed by atoms with van der Waals surface area (Å²) in [4.78, 5) is 26.7. The predicted molar refractivity (Wildman–Crippen MR) is 177 cm³/mol. The Kier molecular flexibility index (Phi) is 12.1. The maximum atomic E-state index is 13.8. The van der Waals surface area contributed by atoms with Gasteiger partial charge in [-0.2, -0.15) is 0 Å². The third-order valence-corrected chi connectivity index (χ3v) is 8.88. The minimum absolute atomic E-state index is 0.0144. The molecule has 2 amide bonds. The fourth-order valence-electron chi connectivity index (χ4n) is 5.14. The number of hydrogen-bond donors (Lipinski definition) is 2. The monoisotopic (exact) mass is 644 g/mol. The lowest BCUT2D eigenvalue weighted by Crippen LogP contribution is -2.32. The van der Waals surface area contributed by atoms with Gasteiger partial charge in [0.05, 0.1) is 10.9 Å². The highest BCUT2D eigenvalue weighted by Gasteiger charge is 2.22. The van der Waals surface area contributed by atoms with E-state index in [1.165, 1.54) is 24.3 Å². The number of benzene rings is 4. The minimum Gasteiger partial charge on any atom is -0.489 e. The van der Waals surface area contributed by atoms with Crippen LogP contribution in [0.1, 0.15) is 78.7 Å². The Morgan fingerprint density at radius 1 is 0.848 bits per heavy atom. The molecule has 0 fully saturated rings. The SMILES string of the molecule is CCCc1ccc(S(=O)(=O)NC(=O)CCc2ccc(COc3ccccc3)cc2C(=O)NC(CC(C)C)c2ccc(F)cc2)cc1. The molecule has 0 aliphatic carbocycles. The molecule has 0 aliphatic rings. The van der Waals surface area contributed by atoms with Crippen molar-refractivity contribution in [2.45, 2.75) is 70.4 Å². The normalized spacial score (nSPS) is 12.0. The van der Waals surface area contributed by atoms with Crippen LogP contribution < -0.4 is 14.8 Å². The van der Waals surface area contributed by atoms with Gasteiger partial charge in [-0.1, -0.05) is 81.8 Å². The number of hydrogen-bond acceptors (Lipinski definition) is 5. The van der Waals surface area contributed by atoms with Crippen molar-refractivity contribution >= 4 is 21.8 Å². The summed E-state index contributed by atoms with van der Waals surface area (Å²) in [6.07, 6.45) is 2.38. The second kappa shape index (κ2) is 16.2. The molecule has 4 aromatic carbocycles. The second-order valence-corrected chi connectivity index (χ2v) is 13.4. The van der Waals surface area contributed by atoms with Gasteiger partial charge in [0.2, 0.25) is 5.91 Å². The first-order valence-electron chi connectivity index (χ1n) is 15.5. The summed E-state index contributed by atoms with van der Waals surface area (Å²) in [5.74, 6) is -0.463. The molecule has 0 aliphatic heterocycles. The average Bonchev–Trinajstić information content (AvgIpc) is 3.03. The highest BCUT2D eigenvalue weighted by Crippen LogP contribution is 2.24. The lowest BCUT2D eigenvalue weighted by molar-refractivity contribution is -0.119. The highest BCUT2D eigenvalue weighted by atomic mass is 32.2. The first-order chi connectivity index (χ1) is 22.0. The first-order valence-corrected chi connectivity index (χ1v) is 17.0. The van der Waals surface area contributed by atoms with E-state index in [9.17, 15) is 22.4 Å². The van der Waals surface area contributed by atoms with Gasteiger partial charge in [0, 0.05) is 12.0 Å². The third-order valence-electron chi connectivity index (χ3n) is 7.49. The number of ether oxygens (including phenoxy) is 1. The molecule has 7 nitrogen and oxygen atoms in total. The molecule has 1 unspecified atom stereocenters. The fraction of sp³-hybridized carbons (Fsp3) is 0.297. The summed E-state index contributed by atoms with van der Waals surface area (Å²) < 4.78 is 47.4. The van der Waals surface area contributed by atoms with Gasteiger partial charge in [0.1, 0.15) is 18.2 Å². The molecule has 4 rings (SSSR count). The number of sulfonamides is 1. The maximum absolute atomic E-state index is 13.8. The van der Waals surface area contributed by atoms with E-state index in [0.29, 0.717) is 23.3 Å². The van der Waals surface area contributed by atoms with Crippen molar-refractivity contribution in [2.24, 2.45) is 5.92 Å². The van der Waals surface area contributed by atoms with Crippen molar-refractivity contribution in [2.75, 3.05) is 0 Å². The van der Waals surface area contributed by atoms with Gasteiger partial charge in [-0.3, -0.25) is 9.59 Å². The van der Waals surface area contributed by atoms with E-state index in [-0.39, 0.29) is 48.0 Å². The lowest BCUT2D eigenvalue weighted by atomic mass is 9.95. The van der Waals surface area contributed by atoms with Crippen LogP contribution in [-0.4, -0.2) is 20.2 Å². The zero-order chi connectivity index (χ0) is 33.1. The van der Waals surface area contributed by atoms with Crippen LogP contribution in [0.2, 0.25) is 0 Å². The predicted octanol–water partition coefficient (Wildman–Crippen LogP) is 7.31. The lowest BCUT2D eigenvalue weighted by Gasteiger charge is -2.22. The molecule has 0 spiro atoms. The molecule has 9 heteroatoms. The van der Waals surface area contributed by atoms with Crippen LogP contribution in [0.5, 0.6) is 5.75 Å². The van der Waals surface area contributed by atoms with Crippen LogP contribution in [0.25, 0.3) is 0 Å². The van der Waals surface area contributed by atoms with Crippen LogP contribution >= 0.6 is 0 Å². The van der Waals surface area contributed by atoms with Crippen molar-refractivity contribution in [3.8, 4) is 5.75 Å². The molecule has 1 atom stereocenters. The number of aryl methyl sites for hydroxylation is 2. The van der Waals surface area contributed by atoms with Gasteiger partial charge >= 0.3 is 0 Å². The Morgan fingerprint density at radius 2 is 1.52 bits per heavy atom. The third kappa shape index (κ3) is 10.0. The number of nitrogens with one attached hydrogen (secondary N) is 2. The van der Waals surface area contributed by atoms with Crippen LogP contribution in [0.15, 0.2) is 102 Å². The largest absolute Gasteiger partial charge is 0.489 e. The van der Waals surface area contributed by atoms with Crippen molar-refractivity contribution < 1.29 is 27.1 Å². The number of carbonyl (C=O) groups is 2. The summed E-state index contributed by atoms with van der Waals surface area (Å²) >= 11 is 0. The maximum Gasteiger partial charge on any atom is 0.264 e. The molecule has 0 saturated carbocycles. The quantitative estimate of drug-likeness (QED) is 0.141. The molecule has 0 radical (unpaired) electrons. The van der Waals surface area contributed by atoms with Crippen LogP contribution in [-0.2, 0) is 34.3 Å². The Morgan fingerprint density at radius 3 is 2.17 bits per heavy atom. The molecule has 2 N–H and O–H groups in total. The summed E-state index contributed by atoms with van der Waals surface area (Å²) in [6, 6.07) is 26.8. The molecule has 0 bridgehead atoms. The van der Waals surface area contributed by atoms with Crippen LogP contribution in [0.4, 0.5) is 4.39 Å². The Hall–Kier alpha value is -4.50. The van der Waals surface area contributed by atoms with E-state index in [1.807, 2.05) is 57.2 Å². The highest BCUT2D eigenvalue weighted by molar-refractivity contribution is 7.90. The fourth-order valence-corrected chi connectivity index (χ4v) is 6.15. The van der Waals surface area contributed by atoms with Gasteiger partial charge in [0.15, 0.2) is 0 Å². The summed E-state index contributed by atoms with van der Waals surface area (Å²) in [5.41, 5.74) is 3.48. The van der Waals surface area contributed by atoms with E-state index in [4.69, 9.17) is 4.74 Å². The topological polar surface area (TPSA) is 102 Å². The molecule has 46 heavy (non-hydrogen) atoms. The Balaban J connectivity index is 1.53. The van der Waals surface area contributed by atoms with Gasteiger partial charge in [0.25, 0.3) is 15.9 Å². The number of halogens is 1. The average molecular weight is 645 g/mol. The molecule has 0 saturated heterocycles. The smallest absolute Gasteiger partial charge is 0.264 e. The molecule has 242 valence electrons. The summed E-state index contributed by atoms with van der Waals surface area (Å²) in [6.45, 7) is 6.35. The van der Waals surface area contributed by atoms with Crippen LogP contribution in [0.3, 0.4) is 0 Å².